The number of ether oxygens (including phenoxy) is 1. The Balaban J connectivity index is 1.36. The highest BCUT2D eigenvalue weighted by Gasteiger charge is 2.46. The summed E-state index contributed by atoms with van der Waals surface area (Å²) < 4.78 is 6.23. The topological polar surface area (TPSA) is 83.1 Å². The van der Waals surface area contributed by atoms with Gasteiger partial charge in [-0.25, -0.2) is 4.98 Å². The highest BCUT2D eigenvalue weighted by molar-refractivity contribution is 7.18. The van der Waals surface area contributed by atoms with Crippen LogP contribution in [0.3, 0.4) is 0 Å². The Morgan fingerprint density at radius 2 is 2.03 bits per heavy atom. The SMILES string of the molecule is COCCN1CCN2C(=O)[C@H](C)N(C(=O)CCCc3nc4ccccc4s3)C[C@H]2C1=O. The molecular formula is C22H28N4O4S. The number of hydrogen-bond acceptors (Lipinski definition) is 6. The lowest BCUT2D eigenvalue weighted by atomic mass is 10.0. The van der Waals surface area contributed by atoms with Crippen LogP contribution in [0.15, 0.2) is 24.3 Å². The molecule has 8 nitrogen and oxygen atoms in total. The van der Waals surface area contributed by atoms with E-state index in [1.807, 2.05) is 24.3 Å². The summed E-state index contributed by atoms with van der Waals surface area (Å²) in [6.07, 6.45) is 1.72. The number of nitrogens with zero attached hydrogens (tertiary/aromatic N) is 4. The van der Waals surface area contributed by atoms with Gasteiger partial charge in [0.15, 0.2) is 0 Å². The third kappa shape index (κ3) is 4.43. The maximum absolute atomic E-state index is 12.9. The summed E-state index contributed by atoms with van der Waals surface area (Å²) in [4.78, 5) is 48.3. The Morgan fingerprint density at radius 1 is 1.23 bits per heavy atom. The molecule has 2 saturated heterocycles. The van der Waals surface area contributed by atoms with E-state index in [1.165, 1.54) is 0 Å². The molecule has 0 saturated carbocycles. The van der Waals surface area contributed by atoms with Crippen molar-refractivity contribution < 1.29 is 19.1 Å². The fourth-order valence-electron chi connectivity index (χ4n) is 4.30. The molecule has 2 atom stereocenters. The molecule has 0 unspecified atom stereocenters. The first-order chi connectivity index (χ1) is 15.0. The summed E-state index contributed by atoms with van der Waals surface area (Å²) in [5.74, 6) is -0.324. The molecule has 2 aliphatic rings. The van der Waals surface area contributed by atoms with Crippen molar-refractivity contribution in [3.8, 4) is 0 Å². The van der Waals surface area contributed by atoms with Crippen LogP contribution in [0.25, 0.3) is 10.2 Å². The second-order valence-electron chi connectivity index (χ2n) is 8.02. The number of aryl methyl sites for hydroxylation is 1. The van der Waals surface area contributed by atoms with E-state index < -0.39 is 12.1 Å². The van der Waals surface area contributed by atoms with E-state index in [0.29, 0.717) is 39.1 Å². The van der Waals surface area contributed by atoms with E-state index in [2.05, 4.69) is 4.98 Å². The quantitative estimate of drug-likeness (QED) is 0.647. The average molecular weight is 445 g/mol. The van der Waals surface area contributed by atoms with Crippen molar-refractivity contribution in [3.05, 3.63) is 29.3 Å². The number of piperazine rings is 2. The van der Waals surface area contributed by atoms with E-state index >= 15 is 0 Å². The molecule has 9 heteroatoms. The molecule has 3 amide bonds. The normalized spacial score (nSPS) is 21.7. The monoisotopic (exact) mass is 444 g/mol. The first-order valence-electron chi connectivity index (χ1n) is 10.7. The van der Waals surface area contributed by atoms with Gasteiger partial charge in [-0.3, -0.25) is 14.4 Å². The summed E-state index contributed by atoms with van der Waals surface area (Å²) in [6.45, 7) is 3.98. The lowest BCUT2D eigenvalue weighted by Gasteiger charge is -2.48. The van der Waals surface area contributed by atoms with Crippen LogP contribution >= 0.6 is 11.3 Å². The van der Waals surface area contributed by atoms with E-state index in [-0.39, 0.29) is 24.3 Å². The summed E-state index contributed by atoms with van der Waals surface area (Å²) in [7, 11) is 1.60. The summed E-state index contributed by atoms with van der Waals surface area (Å²) in [6, 6.07) is 6.87. The highest BCUT2D eigenvalue weighted by atomic mass is 32.1. The Hall–Kier alpha value is -2.52. The fourth-order valence-corrected chi connectivity index (χ4v) is 5.31. The molecule has 0 bridgehead atoms. The second kappa shape index (κ2) is 9.32. The molecule has 31 heavy (non-hydrogen) atoms. The average Bonchev–Trinajstić information content (AvgIpc) is 3.18. The lowest BCUT2D eigenvalue weighted by Crippen LogP contribution is -2.69. The van der Waals surface area contributed by atoms with Crippen LogP contribution in [0, 0.1) is 0 Å². The maximum atomic E-state index is 12.9. The summed E-state index contributed by atoms with van der Waals surface area (Å²) in [5.41, 5.74) is 0.984. The minimum absolute atomic E-state index is 0.0802. The van der Waals surface area contributed by atoms with Crippen LogP contribution in [-0.4, -0.2) is 89.4 Å². The Kier molecular flexibility index (Phi) is 6.52. The number of amides is 3. The number of rotatable bonds is 7. The molecule has 166 valence electrons. The number of para-hydroxylation sites is 1. The molecular weight excluding hydrogens is 416 g/mol. The van der Waals surface area contributed by atoms with Crippen molar-refractivity contribution in [2.75, 3.05) is 39.9 Å². The molecule has 2 aliphatic heterocycles. The number of hydrogen-bond donors (Lipinski definition) is 0. The number of methoxy groups -OCH3 is 1. The van der Waals surface area contributed by atoms with E-state index in [1.54, 1.807) is 40.1 Å². The van der Waals surface area contributed by atoms with Crippen molar-refractivity contribution in [1.29, 1.82) is 0 Å². The summed E-state index contributed by atoms with van der Waals surface area (Å²) in [5, 5.41) is 1.01. The second-order valence-corrected chi connectivity index (χ2v) is 9.13. The van der Waals surface area contributed by atoms with E-state index in [4.69, 9.17) is 4.74 Å². The van der Waals surface area contributed by atoms with Gasteiger partial charge in [-0.2, -0.15) is 0 Å². The number of carbonyl (C=O) groups excluding carboxylic acids is 3. The number of carbonyl (C=O) groups is 3. The molecule has 0 N–H and O–H groups in total. The fraction of sp³-hybridized carbons (Fsp3) is 0.545. The van der Waals surface area contributed by atoms with Crippen molar-refractivity contribution in [2.45, 2.75) is 38.3 Å². The summed E-state index contributed by atoms with van der Waals surface area (Å²) >= 11 is 1.65. The largest absolute Gasteiger partial charge is 0.383 e. The minimum Gasteiger partial charge on any atom is -0.383 e. The Labute approximate surface area is 185 Å². The molecule has 3 heterocycles. The third-order valence-electron chi connectivity index (χ3n) is 6.07. The van der Waals surface area contributed by atoms with E-state index in [9.17, 15) is 14.4 Å². The lowest BCUT2D eigenvalue weighted by molar-refractivity contribution is -0.165. The van der Waals surface area contributed by atoms with Crippen molar-refractivity contribution in [1.82, 2.24) is 19.7 Å². The van der Waals surface area contributed by atoms with Gasteiger partial charge in [-0.1, -0.05) is 12.1 Å². The van der Waals surface area contributed by atoms with Crippen LogP contribution in [0.5, 0.6) is 0 Å². The number of fused-ring (bicyclic) bond motifs is 2. The molecule has 0 radical (unpaired) electrons. The number of benzene rings is 1. The van der Waals surface area contributed by atoms with Gasteiger partial charge in [0, 0.05) is 33.2 Å². The van der Waals surface area contributed by atoms with Crippen LogP contribution in [0.2, 0.25) is 0 Å². The Morgan fingerprint density at radius 3 is 2.81 bits per heavy atom. The van der Waals surface area contributed by atoms with Crippen LogP contribution in [-0.2, 0) is 25.5 Å². The smallest absolute Gasteiger partial charge is 0.247 e. The molecule has 2 aromatic rings. The molecule has 4 rings (SSSR count). The van der Waals surface area contributed by atoms with Gasteiger partial charge < -0.3 is 19.4 Å². The zero-order valence-electron chi connectivity index (χ0n) is 18.0. The van der Waals surface area contributed by atoms with Crippen molar-refractivity contribution in [3.63, 3.8) is 0 Å². The zero-order valence-corrected chi connectivity index (χ0v) is 18.8. The number of thiazole rings is 1. The van der Waals surface area contributed by atoms with Crippen LogP contribution in [0.4, 0.5) is 0 Å². The Bertz CT molecular complexity index is 944. The minimum atomic E-state index is -0.595. The third-order valence-corrected chi connectivity index (χ3v) is 7.16. The van der Waals surface area contributed by atoms with Crippen molar-refractivity contribution in [2.24, 2.45) is 0 Å². The van der Waals surface area contributed by atoms with Gasteiger partial charge in [-0.05, 0) is 31.9 Å². The number of aromatic nitrogens is 1. The molecule has 1 aromatic carbocycles. The zero-order chi connectivity index (χ0) is 22.0. The van der Waals surface area contributed by atoms with Gasteiger partial charge in [0.25, 0.3) is 0 Å². The maximum Gasteiger partial charge on any atom is 0.247 e. The van der Waals surface area contributed by atoms with Gasteiger partial charge in [0.05, 0.1) is 28.4 Å². The van der Waals surface area contributed by atoms with Gasteiger partial charge in [0.1, 0.15) is 12.1 Å². The molecule has 2 fully saturated rings. The van der Waals surface area contributed by atoms with Crippen molar-refractivity contribution >= 4 is 39.3 Å². The predicted molar refractivity (Wildman–Crippen MR) is 118 cm³/mol. The standard InChI is InChI=1S/C22H28N4O4S/c1-15-21(28)25-11-10-24(12-13-30-2)22(29)17(25)14-26(15)20(27)9-5-8-19-23-16-6-3-4-7-18(16)31-19/h3-4,6-7,15,17H,5,8-14H2,1-2H3/t15-,17-/m0/s1. The molecule has 1 aromatic heterocycles. The molecule has 0 spiro atoms. The predicted octanol–water partition coefficient (Wildman–Crippen LogP) is 1.54. The van der Waals surface area contributed by atoms with Gasteiger partial charge in [-0.15, -0.1) is 11.3 Å². The van der Waals surface area contributed by atoms with E-state index in [0.717, 1.165) is 21.6 Å². The first-order valence-corrected chi connectivity index (χ1v) is 11.5. The van der Waals surface area contributed by atoms with Crippen LogP contribution < -0.4 is 0 Å². The highest BCUT2D eigenvalue weighted by Crippen LogP contribution is 2.25. The molecule has 0 aliphatic carbocycles. The van der Waals surface area contributed by atoms with Gasteiger partial charge >= 0.3 is 0 Å². The first kappa shape index (κ1) is 21.7. The van der Waals surface area contributed by atoms with Gasteiger partial charge in [0.2, 0.25) is 17.7 Å². The van der Waals surface area contributed by atoms with Crippen LogP contribution in [0.1, 0.15) is 24.8 Å².